The molecule has 160 valence electrons. The van der Waals surface area contributed by atoms with Crippen molar-refractivity contribution >= 4 is 28.7 Å². The van der Waals surface area contributed by atoms with Gasteiger partial charge in [0.05, 0.1) is 23.6 Å². The third kappa shape index (κ3) is 4.34. The van der Waals surface area contributed by atoms with Crippen LogP contribution in [0.5, 0.6) is 0 Å². The van der Waals surface area contributed by atoms with Crippen LogP contribution in [-0.4, -0.2) is 47.2 Å². The predicted octanol–water partition coefficient (Wildman–Crippen LogP) is 1.20. The summed E-state index contributed by atoms with van der Waals surface area (Å²) in [4.78, 5) is 53.4. The van der Waals surface area contributed by atoms with E-state index < -0.39 is 30.5 Å². The molecule has 9 heteroatoms. The highest BCUT2D eigenvalue weighted by Gasteiger charge is 2.27. The summed E-state index contributed by atoms with van der Waals surface area (Å²) in [6, 6.07) is 3.70. The van der Waals surface area contributed by atoms with Crippen LogP contribution in [0.4, 0.5) is 0 Å². The largest absolute Gasteiger partial charge is 0.467 e. The molecule has 1 aromatic carbocycles. The standard InChI is InChI=1S/C21H25N3O6/c1-4-12(2)18(21(28)29-3)23-17(25)11-30-20(27)13-7-8-14-15(10-13)22-16-6-5-9-24(16)19(14)26/h7-8,10,12,18H,4-6,9,11H2,1-3H3,(H,23,25)/t12-,18-/m0/s1. The smallest absolute Gasteiger partial charge is 0.338 e. The molecule has 30 heavy (non-hydrogen) atoms. The van der Waals surface area contributed by atoms with Gasteiger partial charge in [-0.3, -0.25) is 14.2 Å². The van der Waals surface area contributed by atoms with Gasteiger partial charge >= 0.3 is 11.9 Å². The molecule has 1 aliphatic heterocycles. The van der Waals surface area contributed by atoms with Gasteiger partial charge in [-0.15, -0.1) is 0 Å². The molecule has 2 aromatic rings. The number of aromatic nitrogens is 2. The normalized spacial score (nSPS) is 14.6. The second kappa shape index (κ2) is 9.06. The zero-order chi connectivity index (χ0) is 21.8. The van der Waals surface area contributed by atoms with Gasteiger partial charge in [0.2, 0.25) is 0 Å². The van der Waals surface area contributed by atoms with Crippen LogP contribution in [0.15, 0.2) is 23.0 Å². The van der Waals surface area contributed by atoms with Crippen LogP contribution < -0.4 is 10.9 Å². The summed E-state index contributed by atoms with van der Waals surface area (Å²) >= 11 is 0. The number of fused-ring (bicyclic) bond motifs is 2. The Morgan fingerprint density at radius 2 is 2.07 bits per heavy atom. The van der Waals surface area contributed by atoms with E-state index in [2.05, 4.69) is 10.3 Å². The highest BCUT2D eigenvalue weighted by atomic mass is 16.5. The fraction of sp³-hybridized carbons (Fsp3) is 0.476. The first-order valence-corrected chi connectivity index (χ1v) is 9.93. The summed E-state index contributed by atoms with van der Waals surface area (Å²) in [7, 11) is 1.25. The minimum absolute atomic E-state index is 0.120. The Morgan fingerprint density at radius 1 is 1.30 bits per heavy atom. The Morgan fingerprint density at radius 3 is 2.77 bits per heavy atom. The number of carbonyl (C=O) groups excluding carboxylic acids is 3. The Kier molecular flexibility index (Phi) is 6.49. The van der Waals surface area contributed by atoms with E-state index in [-0.39, 0.29) is 17.0 Å². The second-order valence-electron chi connectivity index (χ2n) is 7.35. The van der Waals surface area contributed by atoms with Crippen molar-refractivity contribution in [1.29, 1.82) is 0 Å². The van der Waals surface area contributed by atoms with Crippen molar-refractivity contribution in [3.63, 3.8) is 0 Å². The molecule has 9 nitrogen and oxygen atoms in total. The van der Waals surface area contributed by atoms with Crippen LogP contribution in [0.2, 0.25) is 0 Å². The molecule has 0 radical (unpaired) electrons. The van der Waals surface area contributed by atoms with Gasteiger partial charge in [0.1, 0.15) is 11.9 Å². The zero-order valence-corrected chi connectivity index (χ0v) is 17.3. The number of ether oxygens (including phenoxy) is 2. The van der Waals surface area contributed by atoms with E-state index in [1.807, 2.05) is 13.8 Å². The number of esters is 2. The van der Waals surface area contributed by atoms with Crippen molar-refractivity contribution in [1.82, 2.24) is 14.9 Å². The first-order valence-electron chi connectivity index (χ1n) is 9.93. The number of benzene rings is 1. The lowest BCUT2D eigenvalue weighted by atomic mass is 9.99. The highest BCUT2D eigenvalue weighted by molar-refractivity contribution is 5.95. The molecule has 0 unspecified atom stereocenters. The van der Waals surface area contributed by atoms with E-state index in [1.54, 1.807) is 10.6 Å². The number of nitrogens with zero attached hydrogens (tertiary/aromatic N) is 2. The summed E-state index contributed by atoms with van der Waals surface area (Å²) in [6.45, 7) is 3.82. The van der Waals surface area contributed by atoms with Crippen LogP contribution >= 0.6 is 0 Å². The van der Waals surface area contributed by atoms with E-state index in [0.29, 0.717) is 29.7 Å². The summed E-state index contributed by atoms with van der Waals surface area (Å²) < 4.78 is 11.4. The van der Waals surface area contributed by atoms with Gasteiger partial charge in [0.15, 0.2) is 6.61 Å². The molecule has 0 saturated carbocycles. The van der Waals surface area contributed by atoms with Crippen LogP contribution in [-0.2, 0) is 32.0 Å². The summed E-state index contributed by atoms with van der Waals surface area (Å²) in [5.74, 6) is -1.30. The van der Waals surface area contributed by atoms with E-state index in [0.717, 1.165) is 12.8 Å². The molecule has 1 aromatic heterocycles. The Labute approximate surface area is 173 Å². The number of rotatable bonds is 7. The fourth-order valence-electron chi connectivity index (χ4n) is 3.44. The molecule has 1 aliphatic rings. The number of nitrogens with one attached hydrogen (secondary N) is 1. The monoisotopic (exact) mass is 415 g/mol. The molecule has 0 fully saturated rings. The van der Waals surface area contributed by atoms with Gasteiger partial charge in [-0.25, -0.2) is 14.6 Å². The minimum Gasteiger partial charge on any atom is -0.467 e. The molecular formula is C21H25N3O6. The number of methoxy groups -OCH3 is 1. The first-order chi connectivity index (χ1) is 14.3. The molecule has 1 N–H and O–H groups in total. The molecule has 0 aliphatic carbocycles. The van der Waals surface area contributed by atoms with Gasteiger partial charge in [-0.05, 0) is 30.5 Å². The number of hydrogen-bond acceptors (Lipinski definition) is 7. The Bertz CT molecular complexity index is 1040. The van der Waals surface area contributed by atoms with Crippen molar-refractivity contribution in [2.75, 3.05) is 13.7 Å². The van der Waals surface area contributed by atoms with Gasteiger partial charge in [-0.1, -0.05) is 20.3 Å². The van der Waals surface area contributed by atoms with Crippen molar-refractivity contribution in [3.05, 3.63) is 39.9 Å². The van der Waals surface area contributed by atoms with Crippen LogP contribution in [0.3, 0.4) is 0 Å². The maximum Gasteiger partial charge on any atom is 0.338 e. The molecule has 0 bridgehead atoms. The molecule has 3 rings (SSSR count). The lowest BCUT2D eigenvalue weighted by Crippen LogP contribution is -2.47. The van der Waals surface area contributed by atoms with Crippen LogP contribution in [0, 0.1) is 5.92 Å². The average molecular weight is 415 g/mol. The summed E-state index contributed by atoms with van der Waals surface area (Å²) in [5, 5.41) is 2.98. The highest BCUT2D eigenvalue weighted by Crippen LogP contribution is 2.17. The topological polar surface area (TPSA) is 117 Å². The number of carbonyl (C=O) groups is 3. The van der Waals surface area contributed by atoms with Crippen molar-refractivity contribution in [2.24, 2.45) is 5.92 Å². The van der Waals surface area contributed by atoms with E-state index in [4.69, 9.17) is 9.47 Å². The van der Waals surface area contributed by atoms with E-state index >= 15 is 0 Å². The summed E-state index contributed by atoms with van der Waals surface area (Å²) in [6.07, 6.45) is 2.25. The molecule has 1 amide bonds. The second-order valence-corrected chi connectivity index (χ2v) is 7.35. The predicted molar refractivity (Wildman–Crippen MR) is 108 cm³/mol. The van der Waals surface area contributed by atoms with Crippen molar-refractivity contribution in [2.45, 2.75) is 45.7 Å². The molecule has 0 spiro atoms. The summed E-state index contributed by atoms with van der Waals surface area (Å²) in [5.41, 5.74) is 0.497. The molecule has 2 atom stereocenters. The lowest BCUT2D eigenvalue weighted by molar-refractivity contribution is -0.147. The number of amides is 1. The minimum atomic E-state index is -0.814. The molecule has 0 saturated heterocycles. The number of hydrogen-bond donors (Lipinski definition) is 1. The SMILES string of the molecule is CC[C@H](C)[C@H](NC(=O)COC(=O)c1ccc2c(=O)n3c(nc2c1)CCC3)C(=O)OC. The van der Waals surface area contributed by atoms with Crippen molar-refractivity contribution in [3.8, 4) is 0 Å². The van der Waals surface area contributed by atoms with E-state index in [9.17, 15) is 19.2 Å². The van der Waals surface area contributed by atoms with Gasteiger partial charge in [0, 0.05) is 13.0 Å². The van der Waals surface area contributed by atoms with E-state index in [1.165, 1.54) is 19.2 Å². The van der Waals surface area contributed by atoms with Gasteiger partial charge in [0.25, 0.3) is 11.5 Å². The molecular weight excluding hydrogens is 390 g/mol. The van der Waals surface area contributed by atoms with Crippen LogP contribution in [0.1, 0.15) is 42.9 Å². The average Bonchev–Trinajstić information content (AvgIpc) is 3.23. The zero-order valence-electron chi connectivity index (χ0n) is 17.3. The van der Waals surface area contributed by atoms with Gasteiger partial charge < -0.3 is 14.8 Å². The quantitative estimate of drug-likeness (QED) is 0.676. The lowest BCUT2D eigenvalue weighted by Gasteiger charge is -2.21. The molecule has 2 heterocycles. The fourth-order valence-corrected chi connectivity index (χ4v) is 3.44. The maximum absolute atomic E-state index is 12.5. The van der Waals surface area contributed by atoms with Gasteiger partial charge in [-0.2, -0.15) is 0 Å². The number of aryl methyl sites for hydroxylation is 1. The maximum atomic E-state index is 12.5. The first kappa shape index (κ1) is 21.5. The van der Waals surface area contributed by atoms with Crippen LogP contribution in [0.25, 0.3) is 10.9 Å². The third-order valence-corrected chi connectivity index (χ3v) is 5.37. The Hall–Kier alpha value is -3.23. The third-order valence-electron chi connectivity index (χ3n) is 5.37. The Balaban J connectivity index is 1.68. The van der Waals surface area contributed by atoms with Crippen molar-refractivity contribution < 1.29 is 23.9 Å².